The number of nitrogens with one attached hydrogen (secondary N) is 1. The van der Waals surface area contributed by atoms with Crippen LogP contribution in [0.25, 0.3) is 0 Å². The highest BCUT2D eigenvalue weighted by Crippen LogP contribution is 2.32. The van der Waals surface area contributed by atoms with Crippen LogP contribution in [0.15, 0.2) is 18.2 Å². The van der Waals surface area contributed by atoms with Gasteiger partial charge in [0.05, 0.1) is 12.1 Å². The molecule has 1 aromatic carbocycles. The van der Waals surface area contributed by atoms with Gasteiger partial charge < -0.3 is 10.4 Å². The number of anilines is 1. The zero-order valence-corrected chi connectivity index (χ0v) is 13.4. The summed E-state index contributed by atoms with van der Waals surface area (Å²) in [6.07, 6.45) is 1.91. The average molecular weight is 290 g/mol. The Balaban J connectivity index is 1.90. The number of amides is 1. The zero-order valence-electron chi connectivity index (χ0n) is 13.4. The minimum absolute atomic E-state index is 0.0382. The van der Waals surface area contributed by atoms with Gasteiger partial charge in [-0.05, 0) is 69.8 Å². The monoisotopic (exact) mass is 290 g/mol. The lowest BCUT2D eigenvalue weighted by Crippen LogP contribution is -2.43. The molecule has 2 unspecified atom stereocenters. The Morgan fingerprint density at radius 2 is 2.05 bits per heavy atom. The molecule has 1 saturated carbocycles. The van der Waals surface area contributed by atoms with Crippen LogP contribution in [-0.4, -0.2) is 41.7 Å². The molecule has 0 radical (unpaired) electrons. The molecule has 0 heterocycles. The Kier molecular flexibility index (Phi) is 5.01. The van der Waals surface area contributed by atoms with Crippen molar-refractivity contribution in [3.63, 3.8) is 0 Å². The summed E-state index contributed by atoms with van der Waals surface area (Å²) in [4.78, 5) is 14.2. The number of hydrogen-bond acceptors (Lipinski definition) is 3. The van der Waals surface area contributed by atoms with Crippen LogP contribution >= 0.6 is 0 Å². The number of carbonyl (C=O) groups is 1. The summed E-state index contributed by atoms with van der Waals surface area (Å²) < 4.78 is 0. The molecule has 0 aromatic heterocycles. The molecule has 2 rings (SSSR count). The minimum atomic E-state index is -0.313. The molecule has 0 saturated heterocycles. The van der Waals surface area contributed by atoms with E-state index in [4.69, 9.17) is 0 Å². The van der Waals surface area contributed by atoms with Crippen molar-refractivity contribution in [3.8, 4) is 0 Å². The van der Waals surface area contributed by atoms with Gasteiger partial charge in [-0.2, -0.15) is 0 Å². The molecule has 4 nitrogen and oxygen atoms in total. The third-order valence-corrected chi connectivity index (χ3v) is 4.46. The first kappa shape index (κ1) is 16.0. The van der Waals surface area contributed by atoms with Gasteiger partial charge in [0.1, 0.15) is 0 Å². The van der Waals surface area contributed by atoms with Gasteiger partial charge >= 0.3 is 0 Å². The second-order valence-electron chi connectivity index (χ2n) is 6.31. The van der Waals surface area contributed by atoms with Crippen LogP contribution in [0, 0.1) is 19.8 Å². The van der Waals surface area contributed by atoms with E-state index in [0.717, 1.165) is 24.1 Å². The standard InChI is InChI=1S/C17H26N2O2/c1-11-5-8-15(9-12(11)2)18-17(21)13(3)19(4)10-16(20)14-6-7-14/h5,8-9,13-14,16,20H,6-7,10H2,1-4H3,(H,18,21). The van der Waals surface area contributed by atoms with Crippen LogP contribution in [-0.2, 0) is 4.79 Å². The summed E-state index contributed by atoms with van der Waals surface area (Å²) >= 11 is 0. The fourth-order valence-electron chi connectivity index (χ4n) is 2.35. The van der Waals surface area contributed by atoms with Crippen LogP contribution in [0.5, 0.6) is 0 Å². The highest BCUT2D eigenvalue weighted by Gasteiger charge is 2.31. The fraction of sp³-hybridized carbons (Fsp3) is 0.588. The Morgan fingerprint density at radius 3 is 2.62 bits per heavy atom. The molecule has 1 amide bonds. The van der Waals surface area contributed by atoms with E-state index in [1.165, 1.54) is 5.56 Å². The SMILES string of the molecule is Cc1ccc(NC(=O)C(C)N(C)CC(O)C2CC2)cc1C. The summed E-state index contributed by atoms with van der Waals surface area (Å²) in [7, 11) is 1.89. The molecule has 4 heteroatoms. The molecular formula is C17H26N2O2. The number of rotatable bonds is 6. The van der Waals surface area contributed by atoms with E-state index in [1.54, 1.807) is 0 Å². The fourth-order valence-corrected chi connectivity index (χ4v) is 2.35. The second-order valence-corrected chi connectivity index (χ2v) is 6.31. The summed E-state index contributed by atoms with van der Waals surface area (Å²) in [5.74, 6) is 0.395. The lowest BCUT2D eigenvalue weighted by Gasteiger charge is -2.26. The van der Waals surface area contributed by atoms with Crippen LogP contribution in [0.1, 0.15) is 30.9 Å². The Bertz CT molecular complexity index is 512. The predicted octanol–water partition coefficient (Wildman–Crippen LogP) is 2.33. The quantitative estimate of drug-likeness (QED) is 0.845. The highest BCUT2D eigenvalue weighted by molar-refractivity contribution is 5.94. The predicted molar refractivity (Wildman–Crippen MR) is 85.4 cm³/mol. The van der Waals surface area contributed by atoms with Gasteiger partial charge in [0, 0.05) is 12.2 Å². The molecule has 1 aromatic rings. The minimum Gasteiger partial charge on any atom is -0.392 e. The van der Waals surface area contributed by atoms with Crippen LogP contribution < -0.4 is 5.32 Å². The molecule has 1 aliphatic carbocycles. The molecule has 2 N–H and O–H groups in total. The van der Waals surface area contributed by atoms with E-state index in [2.05, 4.69) is 12.2 Å². The van der Waals surface area contributed by atoms with E-state index in [1.807, 2.05) is 44.0 Å². The Labute approximate surface area is 127 Å². The van der Waals surface area contributed by atoms with Crippen molar-refractivity contribution < 1.29 is 9.90 Å². The van der Waals surface area contributed by atoms with Crippen LogP contribution in [0.4, 0.5) is 5.69 Å². The topological polar surface area (TPSA) is 52.6 Å². The van der Waals surface area contributed by atoms with Crippen molar-refractivity contribution in [1.82, 2.24) is 4.90 Å². The number of aliphatic hydroxyl groups is 1. The van der Waals surface area contributed by atoms with Crippen molar-refractivity contribution in [2.75, 3.05) is 18.9 Å². The van der Waals surface area contributed by atoms with E-state index < -0.39 is 0 Å². The third kappa shape index (κ3) is 4.29. The molecule has 1 fully saturated rings. The van der Waals surface area contributed by atoms with Gasteiger partial charge in [-0.25, -0.2) is 0 Å². The number of nitrogens with zero attached hydrogens (tertiary/aromatic N) is 1. The number of hydrogen-bond donors (Lipinski definition) is 2. The largest absolute Gasteiger partial charge is 0.392 e. The zero-order chi connectivity index (χ0) is 15.6. The summed E-state index contributed by atoms with van der Waals surface area (Å²) in [5, 5.41) is 12.9. The highest BCUT2D eigenvalue weighted by atomic mass is 16.3. The van der Waals surface area contributed by atoms with E-state index >= 15 is 0 Å². The molecule has 0 bridgehead atoms. The number of benzene rings is 1. The lowest BCUT2D eigenvalue weighted by atomic mass is 10.1. The van der Waals surface area contributed by atoms with Gasteiger partial charge in [-0.15, -0.1) is 0 Å². The molecule has 0 spiro atoms. The van der Waals surface area contributed by atoms with Crippen LogP contribution in [0.2, 0.25) is 0 Å². The first-order valence-electron chi connectivity index (χ1n) is 7.65. The molecular weight excluding hydrogens is 264 g/mol. The molecule has 0 aliphatic heterocycles. The Morgan fingerprint density at radius 1 is 1.38 bits per heavy atom. The van der Waals surface area contributed by atoms with E-state index in [9.17, 15) is 9.90 Å². The Hall–Kier alpha value is -1.39. The van der Waals surface area contributed by atoms with Gasteiger partial charge in [0.2, 0.25) is 5.91 Å². The van der Waals surface area contributed by atoms with Crippen molar-refractivity contribution in [1.29, 1.82) is 0 Å². The average Bonchev–Trinajstić information content (AvgIpc) is 3.26. The molecule has 2 atom stereocenters. The maximum Gasteiger partial charge on any atom is 0.241 e. The van der Waals surface area contributed by atoms with Gasteiger partial charge in [-0.3, -0.25) is 9.69 Å². The maximum absolute atomic E-state index is 12.3. The van der Waals surface area contributed by atoms with Gasteiger partial charge in [0.15, 0.2) is 0 Å². The number of aryl methyl sites for hydroxylation is 2. The number of aliphatic hydroxyl groups excluding tert-OH is 1. The van der Waals surface area contributed by atoms with Crippen molar-refractivity contribution in [2.45, 2.75) is 45.8 Å². The maximum atomic E-state index is 12.3. The van der Waals surface area contributed by atoms with Crippen LogP contribution in [0.3, 0.4) is 0 Å². The third-order valence-electron chi connectivity index (χ3n) is 4.46. The second kappa shape index (κ2) is 6.58. The lowest BCUT2D eigenvalue weighted by molar-refractivity contribution is -0.120. The van der Waals surface area contributed by atoms with Gasteiger partial charge in [-0.1, -0.05) is 6.07 Å². The smallest absolute Gasteiger partial charge is 0.241 e. The first-order valence-corrected chi connectivity index (χ1v) is 7.65. The van der Waals surface area contributed by atoms with E-state index in [-0.39, 0.29) is 18.1 Å². The number of carbonyl (C=O) groups excluding carboxylic acids is 1. The number of likely N-dealkylation sites (N-methyl/N-ethyl adjacent to an activating group) is 1. The molecule has 21 heavy (non-hydrogen) atoms. The first-order chi connectivity index (χ1) is 9.88. The normalized spacial score (nSPS) is 17.6. The summed E-state index contributed by atoms with van der Waals surface area (Å²) in [6.45, 7) is 6.51. The summed E-state index contributed by atoms with van der Waals surface area (Å²) in [6, 6.07) is 5.65. The summed E-state index contributed by atoms with van der Waals surface area (Å²) in [5.41, 5.74) is 3.20. The molecule has 1 aliphatic rings. The van der Waals surface area contributed by atoms with Gasteiger partial charge in [0.25, 0.3) is 0 Å². The van der Waals surface area contributed by atoms with Crippen molar-refractivity contribution in [2.24, 2.45) is 5.92 Å². The van der Waals surface area contributed by atoms with Crippen molar-refractivity contribution >= 4 is 11.6 Å². The van der Waals surface area contributed by atoms with Crippen molar-refractivity contribution in [3.05, 3.63) is 29.3 Å². The molecule has 116 valence electrons. The van der Waals surface area contributed by atoms with E-state index in [0.29, 0.717) is 12.5 Å².